The van der Waals surface area contributed by atoms with Crippen LogP contribution >= 0.6 is 0 Å². The SMILES string of the molecule is CCNC(=O)CN(C)C(=O)CC(C)C1CCCNC1. The largest absolute Gasteiger partial charge is 0.355 e. The molecule has 110 valence electrons. The lowest BCUT2D eigenvalue weighted by atomic mass is 9.85. The number of hydrogen-bond donors (Lipinski definition) is 2. The fourth-order valence-electron chi connectivity index (χ4n) is 2.52. The molecular weight excluding hydrogens is 242 g/mol. The molecule has 0 aromatic carbocycles. The van der Waals surface area contributed by atoms with Gasteiger partial charge in [0.05, 0.1) is 6.54 Å². The van der Waals surface area contributed by atoms with Gasteiger partial charge in [0.15, 0.2) is 0 Å². The average molecular weight is 269 g/mol. The maximum absolute atomic E-state index is 12.1. The van der Waals surface area contributed by atoms with Crippen LogP contribution in [-0.2, 0) is 9.59 Å². The Balaban J connectivity index is 2.33. The van der Waals surface area contributed by atoms with Crippen LogP contribution in [0.4, 0.5) is 0 Å². The molecule has 0 aromatic heterocycles. The van der Waals surface area contributed by atoms with Gasteiger partial charge >= 0.3 is 0 Å². The second-order valence-electron chi connectivity index (χ2n) is 5.49. The van der Waals surface area contributed by atoms with Crippen molar-refractivity contribution < 1.29 is 9.59 Å². The maximum atomic E-state index is 12.1. The van der Waals surface area contributed by atoms with Crippen LogP contribution in [0.2, 0.25) is 0 Å². The molecule has 1 heterocycles. The highest BCUT2D eigenvalue weighted by Crippen LogP contribution is 2.22. The molecule has 1 aliphatic rings. The number of piperidine rings is 1. The number of amides is 2. The van der Waals surface area contributed by atoms with Crippen molar-refractivity contribution in [1.82, 2.24) is 15.5 Å². The van der Waals surface area contributed by atoms with Crippen LogP contribution in [0.25, 0.3) is 0 Å². The van der Waals surface area contributed by atoms with E-state index in [9.17, 15) is 9.59 Å². The highest BCUT2D eigenvalue weighted by Gasteiger charge is 2.23. The number of likely N-dealkylation sites (N-methyl/N-ethyl adjacent to an activating group) is 2. The molecule has 1 fully saturated rings. The molecule has 2 atom stereocenters. The molecule has 2 amide bonds. The molecule has 1 aliphatic heterocycles. The molecule has 0 aliphatic carbocycles. The van der Waals surface area contributed by atoms with Crippen molar-refractivity contribution in [2.24, 2.45) is 11.8 Å². The molecule has 0 spiro atoms. The fourth-order valence-corrected chi connectivity index (χ4v) is 2.52. The first-order valence-corrected chi connectivity index (χ1v) is 7.26. The lowest BCUT2D eigenvalue weighted by Gasteiger charge is -2.29. The van der Waals surface area contributed by atoms with Crippen LogP contribution in [0.1, 0.15) is 33.1 Å². The maximum Gasteiger partial charge on any atom is 0.239 e. The first-order valence-electron chi connectivity index (χ1n) is 7.26. The van der Waals surface area contributed by atoms with E-state index in [2.05, 4.69) is 17.6 Å². The number of hydrogen-bond acceptors (Lipinski definition) is 3. The minimum atomic E-state index is -0.0923. The Morgan fingerprint density at radius 1 is 1.47 bits per heavy atom. The number of carbonyl (C=O) groups excluding carboxylic acids is 2. The van der Waals surface area contributed by atoms with Crippen molar-refractivity contribution >= 4 is 11.8 Å². The van der Waals surface area contributed by atoms with E-state index in [0.717, 1.165) is 13.1 Å². The normalized spacial score (nSPS) is 20.7. The van der Waals surface area contributed by atoms with Crippen LogP contribution in [0, 0.1) is 11.8 Å². The minimum Gasteiger partial charge on any atom is -0.355 e. The van der Waals surface area contributed by atoms with Gasteiger partial charge in [-0.1, -0.05) is 6.92 Å². The van der Waals surface area contributed by atoms with Crippen molar-refractivity contribution in [3.05, 3.63) is 0 Å². The van der Waals surface area contributed by atoms with Gasteiger partial charge in [0.25, 0.3) is 0 Å². The molecule has 0 saturated carbocycles. The summed E-state index contributed by atoms with van der Waals surface area (Å²) in [6.45, 7) is 6.86. The minimum absolute atomic E-state index is 0.0596. The molecular formula is C14H27N3O2. The van der Waals surface area contributed by atoms with Gasteiger partial charge in [0.1, 0.15) is 0 Å². The molecule has 5 heteroatoms. The Hall–Kier alpha value is -1.10. The standard InChI is InChI=1S/C14H27N3O2/c1-4-16-13(18)10-17(3)14(19)8-11(2)12-6-5-7-15-9-12/h11-12,15H,4-10H2,1-3H3,(H,16,18). The van der Waals surface area contributed by atoms with Crippen LogP contribution < -0.4 is 10.6 Å². The molecule has 0 aromatic rings. The summed E-state index contributed by atoms with van der Waals surface area (Å²) in [6.07, 6.45) is 2.92. The third kappa shape index (κ3) is 5.59. The molecule has 0 bridgehead atoms. The summed E-state index contributed by atoms with van der Waals surface area (Å²) < 4.78 is 0. The monoisotopic (exact) mass is 269 g/mol. The van der Waals surface area contributed by atoms with Crippen molar-refractivity contribution in [2.75, 3.05) is 33.2 Å². The van der Waals surface area contributed by atoms with E-state index >= 15 is 0 Å². The second kappa shape index (κ2) is 8.15. The Kier molecular flexibility index (Phi) is 6.84. The fraction of sp³-hybridized carbons (Fsp3) is 0.857. The number of carbonyl (C=O) groups is 2. The zero-order valence-electron chi connectivity index (χ0n) is 12.4. The molecule has 2 unspecified atom stereocenters. The van der Waals surface area contributed by atoms with E-state index in [1.165, 1.54) is 17.7 Å². The molecule has 1 saturated heterocycles. The summed E-state index contributed by atoms with van der Waals surface area (Å²) >= 11 is 0. The third-order valence-electron chi connectivity index (χ3n) is 3.82. The van der Waals surface area contributed by atoms with Gasteiger partial charge in [-0.2, -0.15) is 0 Å². The molecule has 19 heavy (non-hydrogen) atoms. The van der Waals surface area contributed by atoms with Crippen LogP contribution in [-0.4, -0.2) is 49.9 Å². The molecule has 0 radical (unpaired) electrons. The zero-order valence-corrected chi connectivity index (χ0v) is 12.4. The van der Waals surface area contributed by atoms with Crippen molar-refractivity contribution in [3.63, 3.8) is 0 Å². The van der Waals surface area contributed by atoms with E-state index in [1.807, 2.05) is 6.92 Å². The first kappa shape index (κ1) is 16.0. The van der Waals surface area contributed by atoms with E-state index < -0.39 is 0 Å². The van der Waals surface area contributed by atoms with Crippen molar-refractivity contribution in [2.45, 2.75) is 33.1 Å². The highest BCUT2D eigenvalue weighted by molar-refractivity contribution is 5.84. The Morgan fingerprint density at radius 3 is 2.79 bits per heavy atom. The van der Waals surface area contributed by atoms with Gasteiger partial charge in [-0.3, -0.25) is 9.59 Å². The van der Waals surface area contributed by atoms with Gasteiger partial charge in [-0.05, 0) is 44.7 Å². The molecule has 2 N–H and O–H groups in total. The van der Waals surface area contributed by atoms with Crippen LogP contribution in [0.3, 0.4) is 0 Å². The summed E-state index contributed by atoms with van der Waals surface area (Å²) in [5, 5.41) is 6.08. The molecule has 1 rings (SSSR count). The average Bonchev–Trinajstić information content (AvgIpc) is 2.39. The van der Waals surface area contributed by atoms with Crippen molar-refractivity contribution in [3.8, 4) is 0 Å². The highest BCUT2D eigenvalue weighted by atomic mass is 16.2. The van der Waals surface area contributed by atoms with E-state index in [-0.39, 0.29) is 18.4 Å². The summed E-state index contributed by atoms with van der Waals surface area (Å²) in [6, 6.07) is 0. The topological polar surface area (TPSA) is 61.4 Å². The van der Waals surface area contributed by atoms with Gasteiger partial charge < -0.3 is 15.5 Å². The van der Waals surface area contributed by atoms with Crippen molar-refractivity contribution in [1.29, 1.82) is 0 Å². The second-order valence-corrected chi connectivity index (χ2v) is 5.49. The number of nitrogens with zero attached hydrogens (tertiary/aromatic N) is 1. The molecule has 5 nitrogen and oxygen atoms in total. The first-order chi connectivity index (χ1) is 9.04. The summed E-state index contributed by atoms with van der Waals surface area (Å²) in [5.74, 6) is 0.919. The van der Waals surface area contributed by atoms with E-state index in [4.69, 9.17) is 0 Å². The van der Waals surface area contributed by atoms with E-state index in [1.54, 1.807) is 7.05 Å². The third-order valence-corrected chi connectivity index (χ3v) is 3.82. The predicted octanol–water partition coefficient (Wildman–Crippen LogP) is 0.607. The Bertz CT molecular complexity index is 301. The van der Waals surface area contributed by atoms with Crippen LogP contribution in [0.5, 0.6) is 0 Å². The number of nitrogens with one attached hydrogen (secondary N) is 2. The lowest BCUT2D eigenvalue weighted by Crippen LogP contribution is -2.40. The summed E-state index contributed by atoms with van der Waals surface area (Å²) in [5.41, 5.74) is 0. The van der Waals surface area contributed by atoms with Gasteiger partial charge in [0.2, 0.25) is 11.8 Å². The van der Waals surface area contributed by atoms with Gasteiger partial charge in [-0.25, -0.2) is 0 Å². The zero-order chi connectivity index (χ0) is 14.3. The summed E-state index contributed by atoms with van der Waals surface area (Å²) in [7, 11) is 1.70. The lowest BCUT2D eigenvalue weighted by molar-refractivity contribution is -0.135. The van der Waals surface area contributed by atoms with Gasteiger partial charge in [-0.15, -0.1) is 0 Å². The van der Waals surface area contributed by atoms with Gasteiger partial charge in [0, 0.05) is 20.0 Å². The van der Waals surface area contributed by atoms with Crippen LogP contribution in [0.15, 0.2) is 0 Å². The number of rotatable bonds is 6. The van der Waals surface area contributed by atoms with E-state index in [0.29, 0.717) is 24.8 Å². The quantitative estimate of drug-likeness (QED) is 0.742. The summed E-state index contributed by atoms with van der Waals surface area (Å²) in [4.78, 5) is 25.0. The smallest absolute Gasteiger partial charge is 0.239 e. The Labute approximate surface area is 116 Å². The Morgan fingerprint density at radius 2 is 2.21 bits per heavy atom. The predicted molar refractivity (Wildman–Crippen MR) is 75.7 cm³/mol.